The van der Waals surface area contributed by atoms with E-state index < -0.39 is 10.7 Å². The average molecular weight is 384 g/mol. The highest BCUT2D eigenvalue weighted by molar-refractivity contribution is 7.71. The number of H-pyrrole nitrogens is 1. The fraction of sp³-hybridized carbons (Fsp3) is 0.409. The number of aromatic amines is 1. The summed E-state index contributed by atoms with van der Waals surface area (Å²) in [4.78, 5) is 15.6. The molecule has 4 nitrogen and oxygen atoms in total. The number of aromatic nitrogens is 1. The maximum absolute atomic E-state index is 12.5. The van der Waals surface area contributed by atoms with Crippen LogP contribution in [-0.2, 0) is 16.5 Å². The van der Waals surface area contributed by atoms with E-state index in [1.54, 1.807) is 0 Å². The molecule has 2 aromatic rings. The molecular formula is C22H25NO3S. The van der Waals surface area contributed by atoms with Crippen molar-refractivity contribution < 1.29 is 8.42 Å². The van der Waals surface area contributed by atoms with Gasteiger partial charge in [0.2, 0.25) is 0 Å². The SMILES string of the molecule is O=c1[nH]c(/C(=C/C2CCCC2)c2ccc(C[SH](=O)=O)cc2)ccc1C1CC1. The zero-order valence-corrected chi connectivity index (χ0v) is 16.2. The lowest BCUT2D eigenvalue weighted by Gasteiger charge is -2.13. The fourth-order valence-electron chi connectivity index (χ4n) is 4.00. The minimum Gasteiger partial charge on any atom is -0.322 e. The van der Waals surface area contributed by atoms with Crippen molar-refractivity contribution in [3.05, 3.63) is 75.2 Å². The van der Waals surface area contributed by atoms with Crippen LogP contribution < -0.4 is 5.56 Å². The maximum atomic E-state index is 12.5. The summed E-state index contributed by atoms with van der Waals surface area (Å²) in [6.45, 7) is 0. The first-order chi connectivity index (χ1) is 13.1. The average Bonchev–Trinajstić information content (AvgIpc) is 3.35. The lowest BCUT2D eigenvalue weighted by atomic mass is 9.95. The Morgan fingerprint density at radius 1 is 1.00 bits per heavy atom. The Hall–Kier alpha value is -2.14. The molecular weight excluding hydrogens is 358 g/mol. The second kappa shape index (κ2) is 7.85. The Labute approximate surface area is 161 Å². The molecule has 1 aromatic carbocycles. The largest absolute Gasteiger partial charge is 0.322 e. The van der Waals surface area contributed by atoms with Gasteiger partial charge in [0, 0.05) is 16.8 Å². The van der Waals surface area contributed by atoms with Crippen molar-refractivity contribution in [3.8, 4) is 0 Å². The molecule has 0 radical (unpaired) electrons. The van der Waals surface area contributed by atoms with Crippen molar-refractivity contribution in [3.63, 3.8) is 0 Å². The van der Waals surface area contributed by atoms with Gasteiger partial charge in [-0.15, -0.1) is 0 Å². The van der Waals surface area contributed by atoms with E-state index in [9.17, 15) is 13.2 Å². The van der Waals surface area contributed by atoms with Crippen molar-refractivity contribution in [1.82, 2.24) is 4.98 Å². The van der Waals surface area contributed by atoms with Crippen LogP contribution in [0.25, 0.3) is 5.57 Å². The number of nitrogens with one attached hydrogen (secondary N) is 1. The number of hydrogen-bond acceptors (Lipinski definition) is 3. The van der Waals surface area contributed by atoms with Crippen molar-refractivity contribution in [1.29, 1.82) is 0 Å². The van der Waals surface area contributed by atoms with Gasteiger partial charge in [-0.1, -0.05) is 49.2 Å². The van der Waals surface area contributed by atoms with E-state index in [2.05, 4.69) is 11.1 Å². The van der Waals surface area contributed by atoms with Gasteiger partial charge in [-0.3, -0.25) is 4.79 Å². The molecule has 27 heavy (non-hydrogen) atoms. The highest BCUT2D eigenvalue weighted by Crippen LogP contribution is 2.38. The standard InChI is InChI=1S/C22H25NO3S/c24-22-19(17-9-10-17)11-12-21(23-22)20(13-15-3-1-2-4-15)18-7-5-16(6-8-18)14-27(25)26/h5-8,11-13,15,17,27H,1-4,9-10,14H2,(H,23,24)/b20-13+. The molecule has 2 aliphatic carbocycles. The second-order valence-electron chi connectivity index (χ2n) is 7.74. The Morgan fingerprint density at radius 3 is 2.30 bits per heavy atom. The van der Waals surface area contributed by atoms with Crippen LogP contribution in [0.15, 0.2) is 47.3 Å². The van der Waals surface area contributed by atoms with E-state index >= 15 is 0 Å². The molecule has 0 spiro atoms. The van der Waals surface area contributed by atoms with E-state index in [-0.39, 0.29) is 11.3 Å². The van der Waals surface area contributed by atoms with Crippen LogP contribution in [0.4, 0.5) is 0 Å². The van der Waals surface area contributed by atoms with Crippen molar-refractivity contribution in [2.75, 3.05) is 0 Å². The summed E-state index contributed by atoms with van der Waals surface area (Å²) in [6, 6.07) is 11.6. The normalized spacial score (nSPS) is 18.3. The number of pyridine rings is 1. The van der Waals surface area contributed by atoms with Crippen molar-refractivity contribution in [2.24, 2.45) is 5.92 Å². The van der Waals surface area contributed by atoms with Crippen LogP contribution in [0.2, 0.25) is 0 Å². The number of rotatable bonds is 6. The number of thiol groups is 1. The lowest BCUT2D eigenvalue weighted by molar-refractivity contribution is 0.614. The van der Waals surface area contributed by atoms with Crippen LogP contribution >= 0.6 is 0 Å². The monoisotopic (exact) mass is 383 g/mol. The number of allylic oxidation sites excluding steroid dienone is 1. The second-order valence-corrected chi connectivity index (χ2v) is 8.73. The minimum absolute atomic E-state index is 0.0206. The fourth-order valence-corrected chi connectivity index (χ4v) is 4.51. The lowest BCUT2D eigenvalue weighted by Crippen LogP contribution is -2.13. The minimum atomic E-state index is -2.43. The number of benzene rings is 1. The highest BCUT2D eigenvalue weighted by Gasteiger charge is 2.26. The van der Waals surface area contributed by atoms with Crippen molar-refractivity contribution in [2.45, 2.75) is 50.2 Å². The van der Waals surface area contributed by atoms with Gasteiger partial charge in [0.05, 0.1) is 5.75 Å². The van der Waals surface area contributed by atoms with Gasteiger partial charge >= 0.3 is 0 Å². The van der Waals surface area contributed by atoms with E-state index in [0.29, 0.717) is 11.8 Å². The molecule has 4 rings (SSSR count). The van der Waals surface area contributed by atoms with Crippen LogP contribution in [0.1, 0.15) is 66.8 Å². The van der Waals surface area contributed by atoms with Crippen LogP contribution in [0.5, 0.6) is 0 Å². The predicted molar refractivity (Wildman–Crippen MR) is 109 cm³/mol. The molecule has 1 aromatic heterocycles. The zero-order valence-electron chi connectivity index (χ0n) is 15.3. The van der Waals surface area contributed by atoms with E-state index in [1.165, 1.54) is 25.7 Å². The molecule has 1 N–H and O–H groups in total. The first kappa shape index (κ1) is 18.2. The maximum Gasteiger partial charge on any atom is 0.251 e. The van der Waals surface area contributed by atoms with Gasteiger partial charge in [-0.2, -0.15) is 0 Å². The molecule has 0 unspecified atom stereocenters. The summed E-state index contributed by atoms with van der Waals surface area (Å²) in [6.07, 6.45) is 9.37. The van der Waals surface area contributed by atoms with Crippen LogP contribution in [0.3, 0.4) is 0 Å². The van der Waals surface area contributed by atoms with Crippen LogP contribution in [0, 0.1) is 5.92 Å². The molecule has 2 aliphatic rings. The molecule has 0 amide bonds. The first-order valence-corrected chi connectivity index (χ1v) is 11.1. The quantitative estimate of drug-likeness (QED) is 0.742. The Balaban J connectivity index is 1.70. The first-order valence-electron chi connectivity index (χ1n) is 9.76. The molecule has 0 saturated heterocycles. The summed E-state index contributed by atoms with van der Waals surface area (Å²) >= 11 is 0. The summed E-state index contributed by atoms with van der Waals surface area (Å²) < 4.78 is 21.9. The van der Waals surface area contributed by atoms with E-state index in [0.717, 1.165) is 40.8 Å². The summed E-state index contributed by atoms with van der Waals surface area (Å²) in [5, 5.41) is 0. The van der Waals surface area contributed by atoms with Gasteiger partial charge in [-0.25, -0.2) is 8.42 Å². The van der Waals surface area contributed by atoms with Gasteiger partial charge in [0.25, 0.3) is 5.56 Å². The zero-order chi connectivity index (χ0) is 18.8. The molecule has 1 heterocycles. The molecule has 142 valence electrons. The topological polar surface area (TPSA) is 67.0 Å². The van der Waals surface area contributed by atoms with E-state index in [1.807, 2.05) is 36.4 Å². The van der Waals surface area contributed by atoms with Crippen LogP contribution in [-0.4, -0.2) is 13.4 Å². The Kier molecular flexibility index (Phi) is 5.30. The summed E-state index contributed by atoms with van der Waals surface area (Å²) in [5.74, 6) is 1.02. The Bertz CT molecular complexity index is 967. The number of hydrogen-bond donors (Lipinski definition) is 2. The molecule has 0 aliphatic heterocycles. The summed E-state index contributed by atoms with van der Waals surface area (Å²) in [7, 11) is -2.43. The molecule has 5 heteroatoms. The van der Waals surface area contributed by atoms with Gasteiger partial charge in [0.15, 0.2) is 0 Å². The Morgan fingerprint density at radius 2 is 1.70 bits per heavy atom. The van der Waals surface area contributed by atoms with Gasteiger partial charge in [-0.05, 0) is 54.7 Å². The molecule has 2 saturated carbocycles. The smallest absolute Gasteiger partial charge is 0.251 e. The predicted octanol–water partition coefficient (Wildman–Crippen LogP) is 3.99. The molecule has 0 bridgehead atoms. The van der Waals surface area contributed by atoms with Gasteiger partial charge < -0.3 is 4.98 Å². The summed E-state index contributed by atoms with van der Waals surface area (Å²) in [5.41, 5.74) is 4.61. The van der Waals surface area contributed by atoms with Crippen molar-refractivity contribution >= 4 is 16.3 Å². The van der Waals surface area contributed by atoms with E-state index in [4.69, 9.17) is 0 Å². The molecule has 2 fully saturated rings. The third-order valence-electron chi connectivity index (χ3n) is 5.63. The van der Waals surface area contributed by atoms with Gasteiger partial charge in [0.1, 0.15) is 10.7 Å². The third-order valence-corrected chi connectivity index (χ3v) is 6.25. The third kappa shape index (κ3) is 4.41. The highest BCUT2D eigenvalue weighted by atomic mass is 32.2. The molecule has 0 atom stereocenters.